The quantitative estimate of drug-likeness (QED) is 0.754. The highest BCUT2D eigenvalue weighted by atomic mass is 32.1. The van der Waals surface area contributed by atoms with Crippen LogP contribution in [0, 0.1) is 0 Å². The van der Waals surface area contributed by atoms with Gasteiger partial charge in [-0.25, -0.2) is 4.79 Å². The molecule has 4 nitrogen and oxygen atoms in total. The third-order valence-electron chi connectivity index (χ3n) is 1.60. The van der Waals surface area contributed by atoms with Gasteiger partial charge in [-0.2, -0.15) is 11.3 Å². The van der Waals surface area contributed by atoms with Crippen LogP contribution in [-0.2, 0) is 11.2 Å². The number of aromatic carboxylic acids is 1. The lowest BCUT2D eigenvalue weighted by Gasteiger charge is -1.98. The van der Waals surface area contributed by atoms with Crippen molar-refractivity contribution in [1.29, 1.82) is 0 Å². The van der Waals surface area contributed by atoms with Crippen LogP contribution in [0.2, 0.25) is 0 Å². The molecule has 1 aromatic rings. The zero-order chi connectivity index (χ0) is 9.84. The summed E-state index contributed by atoms with van der Waals surface area (Å²) in [6.07, 6.45) is 0.127. The van der Waals surface area contributed by atoms with Gasteiger partial charge in [0.2, 0.25) is 5.91 Å². The van der Waals surface area contributed by atoms with Crippen LogP contribution in [0.3, 0.4) is 0 Å². The summed E-state index contributed by atoms with van der Waals surface area (Å²) >= 11 is 1.29. The number of hydrogen-bond donors (Lipinski definition) is 2. The molecule has 0 aliphatic carbocycles. The fourth-order valence-electron chi connectivity index (χ4n) is 0.909. The highest BCUT2D eigenvalue weighted by Gasteiger charge is 2.12. The molecule has 2 N–H and O–H groups in total. The van der Waals surface area contributed by atoms with Gasteiger partial charge in [-0.1, -0.05) is 0 Å². The molecular formula is C8H9NO3S. The Kier molecular flexibility index (Phi) is 3.02. The third-order valence-corrected chi connectivity index (χ3v) is 2.39. The summed E-state index contributed by atoms with van der Waals surface area (Å²) in [5.74, 6) is -1.17. The largest absolute Gasteiger partial charge is 0.478 e. The van der Waals surface area contributed by atoms with E-state index in [4.69, 9.17) is 5.11 Å². The zero-order valence-electron chi connectivity index (χ0n) is 7.03. The molecule has 0 saturated heterocycles. The molecule has 13 heavy (non-hydrogen) atoms. The van der Waals surface area contributed by atoms with Crippen molar-refractivity contribution in [3.05, 3.63) is 21.9 Å². The number of thiophene rings is 1. The molecule has 0 spiro atoms. The lowest BCUT2D eigenvalue weighted by molar-refractivity contribution is -0.119. The fraction of sp³-hybridized carbons (Fsp3) is 0.250. The van der Waals surface area contributed by atoms with E-state index in [0.717, 1.165) is 0 Å². The van der Waals surface area contributed by atoms with E-state index in [1.54, 1.807) is 5.38 Å². The molecule has 0 radical (unpaired) electrons. The van der Waals surface area contributed by atoms with Gasteiger partial charge in [0.05, 0.1) is 12.0 Å². The minimum absolute atomic E-state index is 0.127. The lowest BCUT2D eigenvalue weighted by atomic mass is 10.1. The van der Waals surface area contributed by atoms with Crippen molar-refractivity contribution in [2.24, 2.45) is 0 Å². The van der Waals surface area contributed by atoms with Gasteiger partial charge >= 0.3 is 5.97 Å². The Morgan fingerprint density at radius 2 is 2.23 bits per heavy atom. The summed E-state index contributed by atoms with van der Waals surface area (Å²) in [5.41, 5.74) is 0.783. The van der Waals surface area contributed by atoms with Gasteiger partial charge in [0.25, 0.3) is 0 Å². The Labute approximate surface area is 79.2 Å². The van der Waals surface area contributed by atoms with E-state index in [1.807, 2.05) is 0 Å². The predicted molar refractivity (Wildman–Crippen MR) is 49.0 cm³/mol. The molecule has 0 aliphatic heterocycles. The van der Waals surface area contributed by atoms with Crippen LogP contribution in [0.5, 0.6) is 0 Å². The number of likely N-dealkylation sites (N-methyl/N-ethyl adjacent to an activating group) is 1. The molecule has 1 heterocycles. The third kappa shape index (κ3) is 2.29. The Bertz CT molecular complexity index is 332. The number of carboxylic acid groups (broad SMARTS) is 1. The second-order valence-electron chi connectivity index (χ2n) is 2.47. The SMILES string of the molecule is CNC(=O)Cc1cscc1C(=O)O. The molecule has 0 bridgehead atoms. The number of carbonyl (C=O) groups excluding carboxylic acids is 1. The molecule has 1 rings (SSSR count). The number of nitrogens with one attached hydrogen (secondary N) is 1. The average Bonchev–Trinajstić information content (AvgIpc) is 2.52. The summed E-state index contributed by atoms with van der Waals surface area (Å²) in [5, 5.41) is 14.4. The molecule has 0 saturated carbocycles. The lowest BCUT2D eigenvalue weighted by Crippen LogP contribution is -2.20. The Balaban J connectivity index is 2.82. The van der Waals surface area contributed by atoms with Crippen molar-refractivity contribution >= 4 is 23.2 Å². The van der Waals surface area contributed by atoms with Gasteiger partial charge < -0.3 is 10.4 Å². The molecule has 5 heteroatoms. The van der Waals surface area contributed by atoms with Crippen LogP contribution >= 0.6 is 11.3 Å². The average molecular weight is 199 g/mol. The number of hydrogen-bond acceptors (Lipinski definition) is 3. The van der Waals surface area contributed by atoms with E-state index in [2.05, 4.69) is 5.32 Å². The van der Waals surface area contributed by atoms with E-state index in [9.17, 15) is 9.59 Å². The highest BCUT2D eigenvalue weighted by molar-refractivity contribution is 7.08. The number of amides is 1. The highest BCUT2D eigenvalue weighted by Crippen LogP contribution is 2.15. The van der Waals surface area contributed by atoms with Crippen molar-refractivity contribution in [3.63, 3.8) is 0 Å². The number of carbonyl (C=O) groups is 2. The summed E-state index contributed by atoms with van der Waals surface area (Å²) in [7, 11) is 1.52. The summed E-state index contributed by atoms with van der Waals surface area (Å²) in [6.45, 7) is 0. The molecular weight excluding hydrogens is 190 g/mol. The van der Waals surface area contributed by atoms with E-state index in [1.165, 1.54) is 23.8 Å². The minimum atomic E-state index is -0.986. The smallest absolute Gasteiger partial charge is 0.336 e. The molecule has 70 valence electrons. The first-order chi connectivity index (χ1) is 6.15. The second-order valence-corrected chi connectivity index (χ2v) is 3.21. The normalized spacial score (nSPS) is 9.62. The first-order valence-electron chi connectivity index (χ1n) is 3.64. The van der Waals surface area contributed by atoms with E-state index < -0.39 is 5.97 Å². The van der Waals surface area contributed by atoms with Crippen LogP contribution < -0.4 is 5.32 Å². The summed E-state index contributed by atoms with van der Waals surface area (Å²) in [4.78, 5) is 21.6. The van der Waals surface area contributed by atoms with Crippen molar-refractivity contribution in [1.82, 2.24) is 5.32 Å². The molecule has 0 fully saturated rings. The van der Waals surface area contributed by atoms with Gasteiger partial charge in [0, 0.05) is 12.4 Å². The monoisotopic (exact) mass is 199 g/mol. The van der Waals surface area contributed by atoms with E-state index in [0.29, 0.717) is 5.56 Å². The zero-order valence-corrected chi connectivity index (χ0v) is 7.85. The van der Waals surface area contributed by atoms with Crippen LogP contribution in [0.15, 0.2) is 10.8 Å². The minimum Gasteiger partial charge on any atom is -0.478 e. The summed E-state index contributed by atoms with van der Waals surface area (Å²) in [6, 6.07) is 0. The molecule has 0 aliphatic rings. The molecule has 1 amide bonds. The van der Waals surface area contributed by atoms with Crippen molar-refractivity contribution in [2.75, 3.05) is 7.05 Å². The van der Waals surface area contributed by atoms with Gasteiger partial charge in [-0.3, -0.25) is 4.79 Å². The first-order valence-corrected chi connectivity index (χ1v) is 4.58. The number of rotatable bonds is 3. The Morgan fingerprint density at radius 3 is 2.77 bits per heavy atom. The van der Waals surface area contributed by atoms with Crippen LogP contribution in [0.1, 0.15) is 15.9 Å². The van der Waals surface area contributed by atoms with Crippen molar-refractivity contribution in [3.8, 4) is 0 Å². The van der Waals surface area contributed by atoms with Gasteiger partial charge in [-0.15, -0.1) is 0 Å². The fourth-order valence-corrected chi connectivity index (χ4v) is 1.74. The standard InChI is InChI=1S/C8H9NO3S/c1-9-7(10)2-5-3-13-4-6(5)8(11)12/h3-4H,2H2,1H3,(H,9,10)(H,11,12). The topological polar surface area (TPSA) is 66.4 Å². The van der Waals surface area contributed by atoms with Gasteiger partial charge in [-0.05, 0) is 10.9 Å². The Hall–Kier alpha value is -1.36. The molecule has 1 aromatic heterocycles. The maximum absolute atomic E-state index is 11.0. The van der Waals surface area contributed by atoms with Crippen LogP contribution in [0.4, 0.5) is 0 Å². The van der Waals surface area contributed by atoms with Crippen LogP contribution in [-0.4, -0.2) is 24.0 Å². The van der Waals surface area contributed by atoms with E-state index >= 15 is 0 Å². The van der Waals surface area contributed by atoms with Gasteiger partial charge in [0.15, 0.2) is 0 Å². The first kappa shape index (κ1) is 9.73. The van der Waals surface area contributed by atoms with Crippen molar-refractivity contribution < 1.29 is 14.7 Å². The molecule has 0 atom stereocenters. The maximum atomic E-state index is 11.0. The number of carboxylic acids is 1. The van der Waals surface area contributed by atoms with Crippen LogP contribution in [0.25, 0.3) is 0 Å². The van der Waals surface area contributed by atoms with Gasteiger partial charge in [0.1, 0.15) is 0 Å². The van der Waals surface area contributed by atoms with E-state index in [-0.39, 0.29) is 17.9 Å². The Morgan fingerprint density at radius 1 is 1.54 bits per heavy atom. The second kappa shape index (κ2) is 4.04. The summed E-state index contributed by atoms with van der Waals surface area (Å²) < 4.78 is 0. The maximum Gasteiger partial charge on any atom is 0.336 e. The molecule has 0 unspecified atom stereocenters. The predicted octanol–water partition coefficient (Wildman–Crippen LogP) is 0.735. The van der Waals surface area contributed by atoms with Crippen molar-refractivity contribution in [2.45, 2.75) is 6.42 Å². The molecule has 0 aromatic carbocycles.